The van der Waals surface area contributed by atoms with Crippen molar-refractivity contribution < 1.29 is 18.0 Å². The van der Waals surface area contributed by atoms with Gasteiger partial charge in [-0.2, -0.15) is 18.3 Å². The van der Waals surface area contributed by atoms with E-state index in [4.69, 9.17) is 11.6 Å². The quantitative estimate of drug-likeness (QED) is 0.709. The number of halogens is 4. The normalized spacial score (nSPS) is 17.7. The number of hydrogen-bond donors (Lipinski definition) is 0. The second kappa shape index (κ2) is 7.89. The Morgan fingerprint density at radius 1 is 1.24 bits per heavy atom. The molecule has 1 aliphatic heterocycles. The molecule has 0 spiro atoms. The van der Waals surface area contributed by atoms with Crippen LogP contribution in [0.5, 0.6) is 0 Å². The highest BCUT2D eigenvalue weighted by Crippen LogP contribution is 2.37. The molecule has 3 rings (SSSR count). The van der Waals surface area contributed by atoms with Crippen molar-refractivity contribution in [1.82, 2.24) is 14.7 Å². The first-order valence-electron chi connectivity index (χ1n) is 9.48. The molecule has 5 nitrogen and oxygen atoms in total. The zero-order valence-electron chi connectivity index (χ0n) is 16.8. The minimum absolute atomic E-state index is 0.130. The van der Waals surface area contributed by atoms with Crippen LogP contribution in [-0.2, 0) is 11.0 Å². The maximum Gasteiger partial charge on any atom is 0.436 e. The monoisotopic (exact) mass is 428 g/mol. The summed E-state index contributed by atoms with van der Waals surface area (Å²) >= 11 is 5.95. The van der Waals surface area contributed by atoms with Crippen LogP contribution < -0.4 is 4.90 Å². The highest BCUT2D eigenvalue weighted by Gasteiger charge is 2.41. The number of aryl methyl sites for hydroxylation is 2. The van der Waals surface area contributed by atoms with Crippen LogP contribution in [0, 0.1) is 20.8 Å². The number of aromatic nitrogens is 2. The van der Waals surface area contributed by atoms with Crippen LogP contribution >= 0.6 is 11.6 Å². The molecule has 29 heavy (non-hydrogen) atoms. The number of piperazine rings is 1. The standard InChI is InChI=1S/C20H24ClF3N4O/c1-5-17(29)27-9-8-26(15-7-6-12(2)10-13(15)3)11-16(27)28-14(4)18(21)19(25-28)20(22,23)24/h6-7,10,16H,5,8-9,11H2,1-4H3. The Labute approximate surface area is 173 Å². The van der Waals surface area contributed by atoms with E-state index in [2.05, 4.69) is 16.1 Å². The average molecular weight is 429 g/mol. The van der Waals surface area contributed by atoms with Crippen LogP contribution in [0.4, 0.5) is 18.9 Å². The number of anilines is 1. The molecule has 1 aliphatic rings. The lowest BCUT2D eigenvalue weighted by Gasteiger charge is -2.43. The molecule has 1 aromatic heterocycles. The lowest BCUT2D eigenvalue weighted by atomic mass is 10.1. The van der Waals surface area contributed by atoms with E-state index in [1.807, 2.05) is 26.0 Å². The van der Waals surface area contributed by atoms with E-state index in [0.29, 0.717) is 19.6 Å². The average Bonchev–Trinajstić information content (AvgIpc) is 2.96. The Balaban J connectivity index is 2.03. The van der Waals surface area contributed by atoms with Gasteiger partial charge < -0.3 is 9.80 Å². The summed E-state index contributed by atoms with van der Waals surface area (Å²) in [5.74, 6) is -0.130. The molecule has 0 aliphatic carbocycles. The van der Waals surface area contributed by atoms with Crippen LogP contribution in [-0.4, -0.2) is 40.2 Å². The van der Waals surface area contributed by atoms with Crippen molar-refractivity contribution in [3.05, 3.63) is 45.7 Å². The van der Waals surface area contributed by atoms with Gasteiger partial charge in [-0.25, -0.2) is 4.68 Å². The highest BCUT2D eigenvalue weighted by molar-refractivity contribution is 6.31. The molecule has 158 valence electrons. The van der Waals surface area contributed by atoms with Crippen molar-refractivity contribution in [1.29, 1.82) is 0 Å². The van der Waals surface area contributed by atoms with Crippen LogP contribution in [0.3, 0.4) is 0 Å². The third-order valence-corrected chi connectivity index (χ3v) is 5.75. The maximum atomic E-state index is 13.3. The molecule has 1 saturated heterocycles. The molecule has 1 unspecified atom stereocenters. The third kappa shape index (κ3) is 4.08. The van der Waals surface area contributed by atoms with Crippen LogP contribution in [0.1, 0.15) is 42.0 Å². The van der Waals surface area contributed by atoms with Crippen molar-refractivity contribution in [2.24, 2.45) is 0 Å². The fraction of sp³-hybridized carbons (Fsp3) is 0.500. The molecule has 0 bridgehead atoms. The summed E-state index contributed by atoms with van der Waals surface area (Å²) in [4.78, 5) is 16.2. The SMILES string of the molecule is CCC(=O)N1CCN(c2ccc(C)cc2C)CC1n1nc(C(F)(F)F)c(Cl)c1C. The Morgan fingerprint density at radius 3 is 2.48 bits per heavy atom. The number of rotatable bonds is 3. The molecule has 0 N–H and O–H groups in total. The molecule has 1 amide bonds. The summed E-state index contributed by atoms with van der Waals surface area (Å²) in [7, 11) is 0. The van der Waals surface area contributed by atoms with Gasteiger partial charge in [0.1, 0.15) is 6.17 Å². The lowest BCUT2D eigenvalue weighted by molar-refractivity contribution is -0.142. The first kappa shape index (κ1) is 21.5. The molecule has 0 saturated carbocycles. The van der Waals surface area contributed by atoms with Gasteiger partial charge in [-0.3, -0.25) is 4.79 Å². The van der Waals surface area contributed by atoms with Gasteiger partial charge in [0.05, 0.1) is 17.3 Å². The predicted octanol–water partition coefficient (Wildman–Crippen LogP) is 4.74. The van der Waals surface area contributed by atoms with Gasteiger partial charge in [-0.1, -0.05) is 36.2 Å². The van der Waals surface area contributed by atoms with Gasteiger partial charge in [0.2, 0.25) is 5.91 Å². The topological polar surface area (TPSA) is 41.4 Å². The van der Waals surface area contributed by atoms with E-state index in [0.717, 1.165) is 16.8 Å². The minimum Gasteiger partial charge on any atom is -0.366 e. The molecule has 9 heteroatoms. The van der Waals surface area contributed by atoms with Crippen molar-refractivity contribution in [2.75, 3.05) is 24.5 Å². The Kier molecular flexibility index (Phi) is 5.85. The van der Waals surface area contributed by atoms with Crippen LogP contribution in [0.25, 0.3) is 0 Å². The molecular weight excluding hydrogens is 405 g/mol. The molecule has 0 radical (unpaired) electrons. The Hall–Kier alpha value is -2.22. The molecule has 2 heterocycles. The number of carbonyl (C=O) groups is 1. The fourth-order valence-electron chi connectivity index (χ4n) is 3.82. The lowest BCUT2D eigenvalue weighted by Crippen LogP contribution is -2.53. The van der Waals surface area contributed by atoms with E-state index in [1.54, 1.807) is 11.8 Å². The van der Waals surface area contributed by atoms with Crippen molar-refractivity contribution in [2.45, 2.75) is 46.5 Å². The third-order valence-electron chi connectivity index (χ3n) is 5.30. The predicted molar refractivity (Wildman–Crippen MR) is 106 cm³/mol. The summed E-state index contributed by atoms with van der Waals surface area (Å²) < 4.78 is 41.2. The van der Waals surface area contributed by atoms with Gasteiger partial charge >= 0.3 is 6.18 Å². The van der Waals surface area contributed by atoms with Crippen molar-refractivity contribution >= 4 is 23.2 Å². The van der Waals surface area contributed by atoms with Gasteiger partial charge in [0, 0.05) is 25.2 Å². The van der Waals surface area contributed by atoms with Crippen LogP contribution in [0.2, 0.25) is 5.02 Å². The summed E-state index contributed by atoms with van der Waals surface area (Å²) in [6, 6.07) is 6.06. The Bertz CT molecular complexity index is 925. The maximum absolute atomic E-state index is 13.3. The number of alkyl halides is 3. The number of benzene rings is 1. The van der Waals surface area contributed by atoms with Crippen LogP contribution in [0.15, 0.2) is 18.2 Å². The van der Waals surface area contributed by atoms with Crippen molar-refractivity contribution in [3.63, 3.8) is 0 Å². The van der Waals surface area contributed by atoms with E-state index < -0.39 is 23.1 Å². The summed E-state index contributed by atoms with van der Waals surface area (Å²) in [6.45, 7) is 8.54. The van der Waals surface area contributed by atoms with Crippen molar-refractivity contribution in [3.8, 4) is 0 Å². The highest BCUT2D eigenvalue weighted by atomic mass is 35.5. The zero-order valence-corrected chi connectivity index (χ0v) is 17.6. The summed E-state index contributed by atoms with van der Waals surface area (Å²) in [6.07, 6.45) is -5.07. The summed E-state index contributed by atoms with van der Waals surface area (Å²) in [5.41, 5.74) is 2.28. The van der Waals surface area contributed by atoms with Gasteiger partial charge in [0.15, 0.2) is 5.69 Å². The zero-order chi connectivity index (χ0) is 21.5. The molecular formula is C20H24ClF3N4O. The number of hydrogen-bond acceptors (Lipinski definition) is 3. The van der Waals surface area contributed by atoms with E-state index in [-0.39, 0.29) is 18.0 Å². The fourth-order valence-corrected chi connectivity index (χ4v) is 4.05. The van der Waals surface area contributed by atoms with Gasteiger partial charge in [-0.05, 0) is 32.4 Å². The molecule has 2 aromatic rings. The van der Waals surface area contributed by atoms with E-state index in [1.165, 1.54) is 11.6 Å². The largest absolute Gasteiger partial charge is 0.436 e. The number of carbonyl (C=O) groups excluding carboxylic acids is 1. The molecule has 1 atom stereocenters. The smallest absolute Gasteiger partial charge is 0.366 e. The number of amides is 1. The number of nitrogens with zero attached hydrogens (tertiary/aromatic N) is 4. The summed E-state index contributed by atoms with van der Waals surface area (Å²) in [5, 5.41) is 3.35. The second-order valence-electron chi connectivity index (χ2n) is 7.35. The molecule has 1 aromatic carbocycles. The molecule has 1 fully saturated rings. The first-order chi connectivity index (χ1) is 13.5. The van der Waals surface area contributed by atoms with E-state index >= 15 is 0 Å². The second-order valence-corrected chi connectivity index (χ2v) is 7.73. The first-order valence-corrected chi connectivity index (χ1v) is 9.85. The minimum atomic E-state index is -4.66. The Morgan fingerprint density at radius 2 is 1.93 bits per heavy atom. The van der Waals surface area contributed by atoms with E-state index in [9.17, 15) is 18.0 Å². The van der Waals surface area contributed by atoms with Gasteiger partial charge in [0.25, 0.3) is 0 Å². The van der Waals surface area contributed by atoms with Gasteiger partial charge in [-0.15, -0.1) is 0 Å².